The lowest BCUT2D eigenvalue weighted by Crippen LogP contribution is -2.26. The van der Waals surface area contributed by atoms with Gasteiger partial charge in [-0.25, -0.2) is 18.7 Å². The second-order valence-corrected chi connectivity index (χ2v) is 3.58. The van der Waals surface area contributed by atoms with Crippen LogP contribution in [0.25, 0.3) is 0 Å². The van der Waals surface area contributed by atoms with Crippen molar-refractivity contribution in [1.29, 1.82) is 0 Å². The molecule has 0 saturated heterocycles. The Labute approximate surface area is 93.7 Å². The third-order valence-electron chi connectivity index (χ3n) is 2.19. The van der Waals surface area contributed by atoms with Crippen LogP contribution in [0, 0.1) is 6.92 Å². The van der Waals surface area contributed by atoms with Crippen LogP contribution in [-0.4, -0.2) is 37.0 Å². The van der Waals surface area contributed by atoms with Crippen LogP contribution in [0.3, 0.4) is 0 Å². The molecule has 0 saturated carbocycles. The summed E-state index contributed by atoms with van der Waals surface area (Å²) >= 11 is 0. The van der Waals surface area contributed by atoms with Crippen molar-refractivity contribution in [2.45, 2.75) is 19.9 Å². The molecule has 4 nitrogen and oxygen atoms in total. The molecule has 0 aromatic carbocycles. The molecule has 1 rings (SSSR count). The summed E-state index contributed by atoms with van der Waals surface area (Å²) in [5, 5.41) is 2.99. The summed E-state index contributed by atoms with van der Waals surface area (Å²) < 4.78 is 24.3. The fourth-order valence-corrected chi connectivity index (χ4v) is 1.32. The van der Waals surface area contributed by atoms with Crippen LogP contribution < -0.4 is 10.2 Å². The number of halogens is 2. The number of hydrogen-bond acceptors (Lipinski definition) is 4. The van der Waals surface area contributed by atoms with E-state index in [0.717, 1.165) is 11.3 Å². The standard InChI is InChI=1S/C10H16F2N4/c1-7-8(4-13-2)5-14-10(15-7)16(3)6-9(11)12/h5,9,13H,4,6H2,1-3H3. The second-order valence-electron chi connectivity index (χ2n) is 3.58. The Hall–Kier alpha value is -1.30. The summed E-state index contributed by atoms with van der Waals surface area (Å²) in [7, 11) is 3.38. The molecular weight excluding hydrogens is 214 g/mol. The van der Waals surface area contributed by atoms with Gasteiger partial charge in [-0.1, -0.05) is 0 Å². The molecule has 1 heterocycles. The van der Waals surface area contributed by atoms with Gasteiger partial charge in [-0.05, 0) is 14.0 Å². The van der Waals surface area contributed by atoms with E-state index in [9.17, 15) is 8.78 Å². The maximum atomic E-state index is 12.2. The Morgan fingerprint density at radius 1 is 1.50 bits per heavy atom. The van der Waals surface area contributed by atoms with Gasteiger partial charge >= 0.3 is 0 Å². The van der Waals surface area contributed by atoms with Crippen LogP contribution in [0.2, 0.25) is 0 Å². The average molecular weight is 230 g/mol. The predicted octanol–water partition coefficient (Wildman–Crippen LogP) is 1.21. The molecule has 0 bridgehead atoms. The first kappa shape index (κ1) is 12.8. The highest BCUT2D eigenvalue weighted by atomic mass is 19.3. The normalized spacial score (nSPS) is 10.9. The van der Waals surface area contributed by atoms with Gasteiger partial charge in [0, 0.05) is 31.0 Å². The molecule has 6 heteroatoms. The van der Waals surface area contributed by atoms with Crippen molar-refractivity contribution in [1.82, 2.24) is 15.3 Å². The highest BCUT2D eigenvalue weighted by molar-refractivity contribution is 5.31. The summed E-state index contributed by atoms with van der Waals surface area (Å²) in [4.78, 5) is 9.59. The predicted molar refractivity (Wildman–Crippen MR) is 58.8 cm³/mol. The first-order valence-electron chi connectivity index (χ1n) is 5.01. The number of aryl methyl sites for hydroxylation is 1. The molecule has 0 spiro atoms. The highest BCUT2D eigenvalue weighted by Crippen LogP contribution is 2.11. The average Bonchev–Trinajstić information content (AvgIpc) is 2.20. The summed E-state index contributed by atoms with van der Waals surface area (Å²) in [5.41, 5.74) is 1.78. The summed E-state index contributed by atoms with van der Waals surface area (Å²) in [6, 6.07) is 0. The minimum absolute atomic E-state index is 0.331. The van der Waals surface area contributed by atoms with E-state index in [2.05, 4.69) is 15.3 Å². The molecule has 90 valence electrons. The van der Waals surface area contributed by atoms with E-state index >= 15 is 0 Å². The smallest absolute Gasteiger partial charge is 0.255 e. The fourth-order valence-electron chi connectivity index (χ4n) is 1.32. The minimum atomic E-state index is -2.38. The number of nitrogens with one attached hydrogen (secondary N) is 1. The van der Waals surface area contributed by atoms with E-state index in [4.69, 9.17) is 0 Å². The van der Waals surface area contributed by atoms with E-state index < -0.39 is 6.43 Å². The van der Waals surface area contributed by atoms with Gasteiger partial charge in [-0.15, -0.1) is 0 Å². The van der Waals surface area contributed by atoms with E-state index in [-0.39, 0.29) is 6.54 Å². The quantitative estimate of drug-likeness (QED) is 0.825. The minimum Gasteiger partial charge on any atom is -0.338 e. The molecule has 0 unspecified atom stereocenters. The van der Waals surface area contributed by atoms with Crippen molar-refractivity contribution >= 4 is 5.95 Å². The summed E-state index contributed by atoms with van der Waals surface area (Å²) in [6.07, 6.45) is -0.721. The van der Waals surface area contributed by atoms with Crippen molar-refractivity contribution in [3.05, 3.63) is 17.5 Å². The Balaban J connectivity index is 2.79. The Morgan fingerprint density at radius 2 is 2.19 bits per heavy atom. The van der Waals surface area contributed by atoms with Gasteiger partial charge in [0.15, 0.2) is 0 Å². The van der Waals surface area contributed by atoms with Crippen molar-refractivity contribution in [2.24, 2.45) is 0 Å². The second kappa shape index (κ2) is 5.69. The van der Waals surface area contributed by atoms with Gasteiger partial charge < -0.3 is 10.2 Å². The maximum Gasteiger partial charge on any atom is 0.255 e. The third kappa shape index (κ3) is 3.37. The van der Waals surface area contributed by atoms with E-state index in [1.165, 1.54) is 4.90 Å². The Bertz CT molecular complexity index is 344. The number of aromatic nitrogens is 2. The SMILES string of the molecule is CNCc1cnc(N(C)CC(F)F)nc1C. The van der Waals surface area contributed by atoms with E-state index in [0.29, 0.717) is 12.5 Å². The van der Waals surface area contributed by atoms with E-state index in [1.54, 1.807) is 13.2 Å². The molecule has 1 N–H and O–H groups in total. The van der Waals surface area contributed by atoms with Crippen LogP contribution in [0.15, 0.2) is 6.20 Å². The highest BCUT2D eigenvalue weighted by Gasteiger charge is 2.11. The molecule has 16 heavy (non-hydrogen) atoms. The van der Waals surface area contributed by atoms with Gasteiger partial charge in [-0.3, -0.25) is 0 Å². The third-order valence-corrected chi connectivity index (χ3v) is 2.19. The van der Waals surface area contributed by atoms with Crippen molar-refractivity contribution in [2.75, 3.05) is 25.5 Å². The van der Waals surface area contributed by atoms with Gasteiger partial charge in [0.1, 0.15) is 0 Å². The number of anilines is 1. The molecule has 0 aliphatic rings. The molecule has 0 aliphatic carbocycles. The van der Waals surface area contributed by atoms with Crippen LogP contribution in [0.1, 0.15) is 11.3 Å². The Kier molecular flexibility index (Phi) is 4.54. The zero-order chi connectivity index (χ0) is 12.1. The van der Waals surface area contributed by atoms with Crippen molar-refractivity contribution in [3.63, 3.8) is 0 Å². The number of rotatable bonds is 5. The topological polar surface area (TPSA) is 41.1 Å². The molecule has 0 aliphatic heterocycles. The van der Waals surface area contributed by atoms with Gasteiger partial charge in [0.05, 0.1) is 6.54 Å². The molecule has 0 atom stereocenters. The van der Waals surface area contributed by atoms with Crippen LogP contribution in [-0.2, 0) is 6.54 Å². The summed E-state index contributed by atoms with van der Waals surface area (Å²) in [5.74, 6) is 0.331. The Morgan fingerprint density at radius 3 is 2.69 bits per heavy atom. The lowest BCUT2D eigenvalue weighted by Gasteiger charge is -2.17. The molecule has 1 aromatic heterocycles. The van der Waals surface area contributed by atoms with Gasteiger partial charge in [0.25, 0.3) is 6.43 Å². The summed E-state index contributed by atoms with van der Waals surface area (Å²) in [6.45, 7) is 2.16. The largest absolute Gasteiger partial charge is 0.338 e. The van der Waals surface area contributed by atoms with Gasteiger partial charge in [0.2, 0.25) is 5.95 Å². The zero-order valence-corrected chi connectivity index (χ0v) is 9.67. The van der Waals surface area contributed by atoms with E-state index in [1.807, 2.05) is 14.0 Å². The first-order chi connectivity index (χ1) is 7.54. The van der Waals surface area contributed by atoms with Crippen LogP contribution >= 0.6 is 0 Å². The number of hydrogen-bond donors (Lipinski definition) is 1. The first-order valence-corrected chi connectivity index (χ1v) is 5.01. The molecule has 0 fully saturated rings. The number of alkyl halides is 2. The molecule has 0 amide bonds. The van der Waals surface area contributed by atoms with Gasteiger partial charge in [-0.2, -0.15) is 0 Å². The lowest BCUT2D eigenvalue weighted by atomic mass is 10.2. The molecule has 0 radical (unpaired) electrons. The molecular formula is C10H16F2N4. The monoisotopic (exact) mass is 230 g/mol. The lowest BCUT2D eigenvalue weighted by molar-refractivity contribution is 0.156. The maximum absolute atomic E-state index is 12.2. The van der Waals surface area contributed by atoms with Crippen LogP contribution in [0.4, 0.5) is 14.7 Å². The zero-order valence-electron chi connectivity index (χ0n) is 9.67. The van der Waals surface area contributed by atoms with Crippen molar-refractivity contribution < 1.29 is 8.78 Å². The fraction of sp³-hybridized carbons (Fsp3) is 0.600. The van der Waals surface area contributed by atoms with Crippen molar-refractivity contribution in [3.8, 4) is 0 Å². The number of nitrogens with zero attached hydrogens (tertiary/aromatic N) is 3. The molecule has 1 aromatic rings. The van der Waals surface area contributed by atoms with Crippen LogP contribution in [0.5, 0.6) is 0 Å².